The van der Waals surface area contributed by atoms with E-state index in [4.69, 9.17) is 19.2 Å². The number of hydrogen-bond acceptors (Lipinski definition) is 8. The van der Waals surface area contributed by atoms with Crippen molar-refractivity contribution in [3.8, 4) is 11.5 Å². The van der Waals surface area contributed by atoms with Crippen molar-refractivity contribution < 1.29 is 23.8 Å². The van der Waals surface area contributed by atoms with Crippen molar-refractivity contribution >= 4 is 23.2 Å². The van der Waals surface area contributed by atoms with Crippen molar-refractivity contribution in [2.45, 2.75) is 46.2 Å². The van der Waals surface area contributed by atoms with Gasteiger partial charge in [-0.3, -0.25) is 14.5 Å². The maximum Gasteiger partial charge on any atom is 0.310 e. The molecular formula is C31H39N3O5S. The molecule has 3 aromatic rings. The van der Waals surface area contributed by atoms with Crippen LogP contribution in [0.2, 0.25) is 0 Å². The Morgan fingerprint density at radius 3 is 2.52 bits per heavy atom. The second-order valence-corrected chi connectivity index (χ2v) is 11.0. The number of esters is 1. The molecule has 1 saturated heterocycles. The summed E-state index contributed by atoms with van der Waals surface area (Å²) in [6.07, 6.45) is 2.36. The Morgan fingerprint density at radius 2 is 1.80 bits per heavy atom. The van der Waals surface area contributed by atoms with E-state index in [0.717, 1.165) is 48.7 Å². The first kappa shape index (κ1) is 29.6. The Kier molecular flexibility index (Phi) is 10.5. The number of carbonyl (C=O) groups excluding carboxylic acids is 2. The summed E-state index contributed by atoms with van der Waals surface area (Å²) in [5.41, 5.74) is 4.05. The molecule has 0 N–H and O–H groups in total. The van der Waals surface area contributed by atoms with E-state index in [1.807, 2.05) is 17.5 Å². The number of amides is 1. The summed E-state index contributed by atoms with van der Waals surface area (Å²) in [6, 6.07) is 14.6. The molecule has 0 spiro atoms. The summed E-state index contributed by atoms with van der Waals surface area (Å²) >= 11 is 1.50. The predicted octanol–water partition coefficient (Wildman–Crippen LogP) is 5.13. The lowest BCUT2D eigenvalue weighted by Crippen LogP contribution is -2.43. The Bertz CT molecular complexity index is 1280. The highest BCUT2D eigenvalue weighted by atomic mass is 32.1. The van der Waals surface area contributed by atoms with Gasteiger partial charge in [0.1, 0.15) is 10.7 Å². The van der Waals surface area contributed by atoms with Gasteiger partial charge >= 0.3 is 5.97 Å². The smallest absolute Gasteiger partial charge is 0.310 e. The van der Waals surface area contributed by atoms with E-state index in [-0.39, 0.29) is 17.8 Å². The first-order valence-electron chi connectivity index (χ1n) is 13.8. The van der Waals surface area contributed by atoms with E-state index < -0.39 is 0 Å². The summed E-state index contributed by atoms with van der Waals surface area (Å²) in [7, 11) is 3.28. The summed E-state index contributed by atoms with van der Waals surface area (Å²) in [5.74, 6) is 0.825. The van der Waals surface area contributed by atoms with E-state index in [2.05, 4.69) is 42.2 Å². The molecule has 2 aromatic carbocycles. The van der Waals surface area contributed by atoms with Gasteiger partial charge in [0.25, 0.3) is 5.91 Å². The molecule has 0 saturated carbocycles. The van der Waals surface area contributed by atoms with E-state index in [9.17, 15) is 9.59 Å². The highest BCUT2D eigenvalue weighted by molar-refractivity contribution is 7.09. The third kappa shape index (κ3) is 7.82. The molecule has 214 valence electrons. The van der Waals surface area contributed by atoms with Crippen molar-refractivity contribution in [3.05, 3.63) is 75.2 Å². The summed E-state index contributed by atoms with van der Waals surface area (Å²) < 4.78 is 16.1. The van der Waals surface area contributed by atoms with E-state index >= 15 is 0 Å². The molecular weight excluding hydrogens is 526 g/mol. The summed E-state index contributed by atoms with van der Waals surface area (Å²) in [5, 5.41) is 2.73. The van der Waals surface area contributed by atoms with Gasteiger partial charge in [0, 0.05) is 31.6 Å². The molecule has 0 aliphatic carbocycles. The van der Waals surface area contributed by atoms with Crippen molar-refractivity contribution in [2.24, 2.45) is 5.92 Å². The highest BCUT2D eigenvalue weighted by Crippen LogP contribution is 2.28. The Hall–Kier alpha value is -3.43. The molecule has 2 heterocycles. The SMILES string of the molecule is CCOC(=O)C1CCCN(C(=O)c2csc(CN(CCc3ccc(OC)c(OC)c3)Cc3ccc(C)cc3)n2)C1. The molecule has 8 nitrogen and oxygen atoms in total. The zero-order chi connectivity index (χ0) is 28.5. The first-order chi connectivity index (χ1) is 19.4. The van der Waals surface area contributed by atoms with Crippen LogP contribution in [0.1, 0.15) is 52.0 Å². The Balaban J connectivity index is 1.44. The van der Waals surface area contributed by atoms with E-state index in [1.165, 1.54) is 22.5 Å². The molecule has 1 unspecified atom stereocenters. The second-order valence-electron chi connectivity index (χ2n) is 10.1. The third-order valence-electron chi connectivity index (χ3n) is 7.15. The molecule has 9 heteroatoms. The Labute approximate surface area is 240 Å². The maximum atomic E-state index is 13.3. The average Bonchev–Trinajstić information content (AvgIpc) is 3.45. The first-order valence-corrected chi connectivity index (χ1v) is 14.7. The number of rotatable bonds is 12. The molecule has 0 bridgehead atoms. The lowest BCUT2D eigenvalue weighted by molar-refractivity contribution is -0.149. The number of nitrogens with zero attached hydrogens (tertiary/aromatic N) is 3. The fourth-order valence-corrected chi connectivity index (χ4v) is 5.75. The molecule has 1 atom stereocenters. The van der Waals surface area contributed by atoms with Gasteiger partial charge in [-0.15, -0.1) is 11.3 Å². The third-order valence-corrected chi connectivity index (χ3v) is 7.98. The maximum absolute atomic E-state index is 13.3. The van der Waals surface area contributed by atoms with Gasteiger partial charge in [0.05, 0.1) is 33.3 Å². The minimum absolute atomic E-state index is 0.119. The quantitative estimate of drug-likeness (QED) is 0.282. The monoisotopic (exact) mass is 565 g/mol. The number of thiazole rings is 1. The van der Waals surface area contributed by atoms with Crippen LogP contribution in [0.4, 0.5) is 0 Å². The number of piperidine rings is 1. The van der Waals surface area contributed by atoms with Crippen LogP contribution in [0.15, 0.2) is 47.8 Å². The van der Waals surface area contributed by atoms with Crippen molar-refractivity contribution in [2.75, 3.05) is 40.5 Å². The Morgan fingerprint density at radius 1 is 1.05 bits per heavy atom. The van der Waals surface area contributed by atoms with Gasteiger partial charge in [-0.05, 0) is 56.4 Å². The van der Waals surface area contributed by atoms with Crippen molar-refractivity contribution in [1.82, 2.24) is 14.8 Å². The zero-order valence-electron chi connectivity index (χ0n) is 23.9. The zero-order valence-corrected chi connectivity index (χ0v) is 24.7. The predicted molar refractivity (Wildman–Crippen MR) is 156 cm³/mol. The summed E-state index contributed by atoms with van der Waals surface area (Å²) in [4.78, 5) is 34.3. The molecule has 1 fully saturated rings. The van der Waals surface area contributed by atoms with Gasteiger partial charge < -0.3 is 19.1 Å². The number of likely N-dealkylation sites (tertiary alicyclic amines) is 1. The number of benzene rings is 2. The number of hydrogen-bond donors (Lipinski definition) is 0. The number of ether oxygens (including phenoxy) is 3. The standard InChI is InChI=1S/C31H39N3O5S/c1-5-39-31(36)25-7-6-15-34(19-25)30(35)26-21-40-29(32-26)20-33(18-24-10-8-22(2)9-11-24)16-14-23-12-13-27(37-3)28(17-23)38-4/h8-13,17,21,25H,5-7,14-16,18-20H2,1-4H3. The average molecular weight is 566 g/mol. The molecule has 0 radical (unpaired) electrons. The number of aromatic nitrogens is 1. The van der Waals surface area contributed by atoms with Crippen LogP contribution in [0.3, 0.4) is 0 Å². The van der Waals surface area contributed by atoms with Gasteiger partial charge in [0.15, 0.2) is 11.5 Å². The number of carbonyl (C=O) groups is 2. The van der Waals surface area contributed by atoms with Crippen LogP contribution >= 0.6 is 11.3 Å². The summed E-state index contributed by atoms with van der Waals surface area (Å²) in [6.45, 7) is 7.46. The van der Waals surface area contributed by atoms with Gasteiger partial charge in [-0.2, -0.15) is 0 Å². The number of aryl methyl sites for hydroxylation is 1. The fraction of sp³-hybridized carbons (Fsp3) is 0.452. The molecule has 1 amide bonds. The van der Waals surface area contributed by atoms with Crippen molar-refractivity contribution in [3.63, 3.8) is 0 Å². The minimum atomic E-state index is -0.266. The van der Waals surface area contributed by atoms with Crippen LogP contribution in [0, 0.1) is 12.8 Å². The van der Waals surface area contributed by atoms with Crippen LogP contribution < -0.4 is 9.47 Å². The van der Waals surface area contributed by atoms with Crippen LogP contribution in [0.5, 0.6) is 11.5 Å². The lowest BCUT2D eigenvalue weighted by atomic mass is 9.98. The normalized spacial score (nSPS) is 15.2. The highest BCUT2D eigenvalue weighted by Gasteiger charge is 2.30. The molecule has 1 aliphatic rings. The molecule has 1 aromatic heterocycles. The molecule has 40 heavy (non-hydrogen) atoms. The lowest BCUT2D eigenvalue weighted by Gasteiger charge is -2.31. The number of methoxy groups -OCH3 is 2. The van der Waals surface area contributed by atoms with E-state index in [0.29, 0.717) is 37.7 Å². The molecule has 1 aliphatic heterocycles. The van der Waals surface area contributed by atoms with Crippen molar-refractivity contribution in [1.29, 1.82) is 0 Å². The topological polar surface area (TPSA) is 81.2 Å². The van der Waals surface area contributed by atoms with Gasteiger partial charge in [-0.1, -0.05) is 35.9 Å². The van der Waals surface area contributed by atoms with Crippen LogP contribution in [-0.2, 0) is 29.0 Å². The van der Waals surface area contributed by atoms with Crippen LogP contribution in [0.25, 0.3) is 0 Å². The van der Waals surface area contributed by atoms with E-state index in [1.54, 1.807) is 26.0 Å². The van der Waals surface area contributed by atoms with Gasteiger partial charge in [-0.25, -0.2) is 4.98 Å². The minimum Gasteiger partial charge on any atom is -0.493 e. The molecule has 4 rings (SSSR count). The fourth-order valence-electron chi connectivity index (χ4n) is 4.94. The second kappa shape index (κ2) is 14.3. The van der Waals surface area contributed by atoms with Crippen LogP contribution in [-0.4, -0.2) is 67.1 Å². The van der Waals surface area contributed by atoms with Gasteiger partial charge in [0.2, 0.25) is 0 Å². The largest absolute Gasteiger partial charge is 0.493 e.